The minimum Gasteiger partial charge on any atom is -0.381 e. The van der Waals surface area contributed by atoms with E-state index < -0.39 is 0 Å². The van der Waals surface area contributed by atoms with E-state index in [1.54, 1.807) is 0 Å². The standard InChI is InChI=1S/C15H24N2O2S/c1-5-19-15(6-8-18-9-7-15)14-16-11(4)12(10(2)3)13(20)17-14/h10H,5-9H2,1-4H3,(H,16,17,20). The normalized spacial score (nSPS) is 18.4. The Morgan fingerprint density at radius 3 is 2.55 bits per heavy atom. The average molecular weight is 296 g/mol. The van der Waals surface area contributed by atoms with E-state index in [1.165, 1.54) is 0 Å². The second-order valence-electron chi connectivity index (χ2n) is 5.62. The van der Waals surface area contributed by atoms with E-state index in [4.69, 9.17) is 21.7 Å². The summed E-state index contributed by atoms with van der Waals surface area (Å²) in [6, 6.07) is 0. The summed E-state index contributed by atoms with van der Waals surface area (Å²) in [5.74, 6) is 1.23. The highest BCUT2D eigenvalue weighted by molar-refractivity contribution is 7.71. The van der Waals surface area contributed by atoms with Crippen LogP contribution < -0.4 is 0 Å². The maximum absolute atomic E-state index is 6.05. The van der Waals surface area contributed by atoms with Crippen molar-refractivity contribution in [3.63, 3.8) is 0 Å². The van der Waals surface area contributed by atoms with Crippen LogP contribution in [0.5, 0.6) is 0 Å². The van der Waals surface area contributed by atoms with E-state index >= 15 is 0 Å². The first-order valence-corrected chi connectivity index (χ1v) is 7.74. The fraction of sp³-hybridized carbons (Fsp3) is 0.733. The highest BCUT2D eigenvalue weighted by Gasteiger charge is 2.38. The molecule has 0 radical (unpaired) electrons. The molecule has 0 amide bonds. The maximum atomic E-state index is 6.05. The van der Waals surface area contributed by atoms with Crippen molar-refractivity contribution >= 4 is 12.2 Å². The van der Waals surface area contributed by atoms with Gasteiger partial charge in [0.15, 0.2) is 0 Å². The van der Waals surface area contributed by atoms with E-state index in [0.29, 0.717) is 30.4 Å². The molecule has 20 heavy (non-hydrogen) atoms. The molecule has 1 aromatic rings. The topological polar surface area (TPSA) is 47.1 Å². The van der Waals surface area contributed by atoms with Gasteiger partial charge in [-0.15, -0.1) is 0 Å². The van der Waals surface area contributed by atoms with Crippen molar-refractivity contribution < 1.29 is 9.47 Å². The van der Waals surface area contributed by atoms with Crippen LogP contribution in [0.15, 0.2) is 0 Å². The third-order valence-electron chi connectivity index (χ3n) is 3.88. The summed E-state index contributed by atoms with van der Waals surface area (Å²) in [5.41, 5.74) is 1.85. The van der Waals surface area contributed by atoms with Crippen LogP contribution in [0.25, 0.3) is 0 Å². The molecule has 1 fully saturated rings. The summed E-state index contributed by atoms with van der Waals surface area (Å²) in [6.07, 6.45) is 1.64. The monoisotopic (exact) mass is 296 g/mol. The highest BCUT2D eigenvalue weighted by Crippen LogP contribution is 2.34. The van der Waals surface area contributed by atoms with Gasteiger partial charge in [-0.05, 0) is 19.8 Å². The van der Waals surface area contributed by atoms with Crippen molar-refractivity contribution in [3.05, 3.63) is 21.7 Å². The van der Waals surface area contributed by atoms with Crippen molar-refractivity contribution in [2.24, 2.45) is 0 Å². The average Bonchev–Trinajstić information content (AvgIpc) is 2.38. The molecule has 2 heterocycles. The summed E-state index contributed by atoms with van der Waals surface area (Å²) in [6.45, 7) is 10.4. The van der Waals surface area contributed by atoms with Crippen LogP contribution in [0.3, 0.4) is 0 Å². The number of aryl methyl sites for hydroxylation is 1. The van der Waals surface area contributed by atoms with E-state index in [1.807, 2.05) is 6.92 Å². The molecular formula is C15H24N2O2S. The highest BCUT2D eigenvalue weighted by atomic mass is 32.1. The van der Waals surface area contributed by atoms with Crippen LogP contribution in [-0.4, -0.2) is 29.8 Å². The lowest BCUT2D eigenvalue weighted by atomic mass is 9.92. The molecule has 1 aliphatic heterocycles. The molecule has 112 valence electrons. The van der Waals surface area contributed by atoms with E-state index in [-0.39, 0.29) is 5.60 Å². The van der Waals surface area contributed by atoms with Crippen molar-refractivity contribution in [2.45, 2.75) is 52.1 Å². The van der Waals surface area contributed by atoms with Gasteiger partial charge in [0, 0.05) is 43.9 Å². The second kappa shape index (κ2) is 6.33. The number of H-pyrrole nitrogens is 1. The van der Waals surface area contributed by atoms with Gasteiger partial charge in [-0.1, -0.05) is 26.1 Å². The number of nitrogens with zero attached hydrogens (tertiary/aromatic N) is 1. The largest absolute Gasteiger partial charge is 0.381 e. The maximum Gasteiger partial charge on any atom is 0.140 e. The lowest BCUT2D eigenvalue weighted by Crippen LogP contribution is -2.38. The van der Waals surface area contributed by atoms with Gasteiger partial charge in [0.1, 0.15) is 16.1 Å². The van der Waals surface area contributed by atoms with Gasteiger partial charge in [-0.3, -0.25) is 0 Å². The Hall–Kier alpha value is -0.780. The van der Waals surface area contributed by atoms with Gasteiger partial charge >= 0.3 is 0 Å². The quantitative estimate of drug-likeness (QED) is 0.862. The van der Waals surface area contributed by atoms with Crippen LogP contribution in [0.1, 0.15) is 56.6 Å². The summed E-state index contributed by atoms with van der Waals surface area (Å²) >= 11 is 5.49. The third-order valence-corrected chi connectivity index (χ3v) is 4.19. The zero-order chi connectivity index (χ0) is 14.8. The molecule has 1 aliphatic rings. The minimum atomic E-state index is -0.374. The molecule has 2 rings (SSSR count). The number of hydrogen-bond acceptors (Lipinski definition) is 4. The molecule has 0 spiro atoms. The summed E-state index contributed by atoms with van der Waals surface area (Å²) in [7, 11) is 0. The smallest absolute Gasteiger partial charge is 0.140 e. The lowest BCUT2D eigenvalue weighted by molar-refractivity contribution is -0.118. The van der Waals surface area contributed by atoms with Gasteiger partial charge < -0.3 is 14.5 Å². The predicted octanol–water partition coefficient (Wildman–Crippen LogP) is 3.61. The molecule has 0 bridgehead atoms. The summed E-state index contributed by atoms with van der Waals surface area (Å²) in [4.78, 5) is 8.08. The van der Waals surface area contributed by atoms with Gasteiger partial charge in [0.2, 0.25) is 0 Å². The number of ether oxygens (including phenoxy) is 2. The van der Waals surface area contributed by atoms with Gasteiger partial charge in [0.25, 0.3) is 0 Å². The molecular weight excluding hydrogens is 272 g/mol. The number of aromatic nitrogens is 2. The van der Waals surface area contributed by atoms with Crippen molar-refractivity contribution in [3.8, 4) is 0 Å². The fourth-order valence-electron chi connectivity index (χ4n) is 2.92. The Morgan fingerprint density at radius 1 is 1.40 bits per heavy atom. The Morgan fingerprint density at radius 2 is 2.05 bits per heavy atom. The van der Waals surface area contributed by atoms with Crippen LogP contribution in [0.4, 0.5) is 0 Å². The van der Waals surface area contributed by atoms with E-state index in [9.17, 15) is 0 Å². The zero-order valence-corrected chi connectivity index (χ0v) is 13.6. The molecule has 1 N–H and O–H groups in total. The molecule has 0 saturated carbocycles. The number of aromatic amines is 1. The lowest BCUT2D eigenvalue weighted by Gasteiger charge is -2.36. The second-order valence-corrected chi connectivity index (χ2v) is 6.01. The minimum absolute atomic E-state index is 0.373. The predicted molar refractivity (Wildman–Crippen MR) is 81.6 cm³/mol. The van der Waals surface area contributed by atoms with Crippen molar-refractivity contribution in [2.75, 3.05) is 19.8 Å². The van der Waals surface area contributed by atoms with Crippen LogP contribution in [0, 0.1) is 11.6 Å². The van der Waals surface area contributed by atoms with Gasteiger partial charge in [0.05, 0.1) is 0 Å². The summed E-state index contributed by atoms with van der Waals surface area (Å²) < 4.78 is 12.2. The number of rotatable bonds is 4. The fourth-order valence-corrected chi connectivity index (χ4v) is 3.40. The van der Waals surface area contributed by atoms with E-state index in [2.05, 4.69) is 30.7 Å². The van der Waals surface area contributed by atoms with Crippen molar-refractivity contribution in [1.29, 1.82) is 0 Å². The molecule has 0 aliphatic carbocycles. The van der Waals surface area contributed by atoms with Crippen LogP contribution in [-0.2, 0) is 15.1 Å². The first kappa shape index (κ1) is 15.6. The molecule has 0 atom stereocenters. The third kappa shape index (κ3) is 2.95. The van der Waals surface area contributed by atoms with Crippen LogP contribution >= 0.6 is 12.2 Å². The molecule has 1 aromatic heterocycles. The van der Waals surface area contributed by atoms with Crippen molar-refractivity contribution in [1.82, 2.24) is 9.97 Å². The summed E-state index contributed by atoms with van der Waals surface area (Å²) in [5, 5.41) is 0. The molecule has 0 aromatic carbocycles. The Balaban J connectivity index is 2.47. The SMILES string of the molecule is CCOC1(c2nc(=S)c(C(C)C)c(C)[nH]2)CCOCC1. The Kier molecular flexibility index (Phi) is 4.94. The molecule has 4 nitrogen and oxygen atoms in total. The first-order chi connectivity index (χ1) is 9.50. The van der Waals surface area contributed by atoms with Crippen LogP contribution in [0.2, 0.25) is 0 Å². The number of nitrogens with one attached hydrogen (secondary N) is 1. The molecule has 0 unspecified atom stereocenters. The Bertz CT molecular complexity index is 514. The number of hydrogen-bond donors (Lipinski definition) is 1. The first-order valence-electron chi connectivity index (χ1n) is 7.33. The zero-order valence-electron chi connectivity index (χ0n) is 12.8. The molecule has 5 heteroatoms. The van der Waals surface area contributed by atoms with Gasteiger partial charge in [-0.25, -0.2) is 4.98 Å². The Labute approximate surface area is 125 Å². The van der Waals surface area contributed by atoms with E-state index in [0.717, 1.165) is 29.9 Å². The van der Waals surface area contributed by atoms with Gasteiger partial charge in [-0.2, -0.15) is 0 Å². The molecule has 1 saturated heterocycles.